The molecule has 0 fully saturated rings. The first-order valence-electron chi connectivity index (χ1n) is 6.21. The average molecular weight is 272 g/mol. The number of carboxylic acid groups (broad SMARTS) is 1. The summed E-state index contributed by atoms with van der Waals surface area (Å²) in [5.41, 5.74) is 1.39. The van der Waals surface area contributed by atoms with Gasteiger partial charge in [0.05, 0.1) is 5.69 Å². The lowest BCUT2D eigenvalue weighted by Crippen LogP contribution is -2.02. The van der Waals surface area contributed by atoms with Gasteiger partial charge in [-0.1, -0.05) is 30.4 Å². The Kier molecular flexibility index (Phi) is 3.89. The van der Waals surface area contributed by atoms with E-state index >= 15 is 0 Å². The van der Waals surface area contributed by atoms with Crippen LogP contribution >= 0.6 is 0 Å². The molecule has 0 spiro atoms. The van der Waals surface area contributed by atoms with Crippen LogP contribution in [0.5, 0.6) is 11.6 Å². The number of carboxylic acids is 1. The molecule has 20 heavy (non-hydrogen) atoms. The van der Waals surface area contributed by atoms with Crippen LogP contribution in [-0.4, -0.2) is 20.9 Å². The Morgan fingerprint density at radius 3 is 2.75 bits per heavy atom. The molecule has 1 N–H and O–H groups in total. The van der Waals surface area contributed by atoms with E-state index in [-0.39, 0.29) is 11.4 Å². The SMILES string of the molecule is CC=Cc1ccccc1Oc1c(C(=O)O)c(C)nn1C. The number of ether oxygens (including phenoxy) is 1. The van der Waals surface area contributed by atoms with Crippen molar-refractivity contribution in [2.75, 3.05) is 0 Å². The molecule has 2 aromatic rings. The number of nitrogens with zero attached hydrogens (tertiary/aromatic N) is 2. The molecular formula is C15H16N2O3. The summed E-state index contributed by atoms with van der Waals surface area (Å²) in [7, 11) is 1.66. The van der Waals surface area contributed by atoms with Crippen LogP contribution in [0.25, 0.3) is 6.08 Å². The zero-order valence-corrected chi connectivity index (χ0v) is 11.6. The largest absolute Gasteiger partial charge is 0.477 e. The summed E-state index contributed by atoms with van der Waals surface area (Å²) in [5.74, 6) is -0.225. The van der Waals surface area contributed by atoms with E-state index in [9.17, 15) is 9.90 Å². The van der Waals surface area contributed by atoms with Gasteiger partial charge in [0.1, 0.15) is 11.3 Å². The van der Waals surface area contributed by atoms with E-state index in [2.05, 4.69) is 5.10 Å². The first-order chi connectivity index (χ1) is 9.54. The highest BCUT2D eigenvalue weighted by atomic mass is 16.5. The number of rotatable bonds is 4. The molecular weight excluding hydrogens is 256 g/mol. The number of aryl methyl sites for hydroxylation is 2. The molecule has 1 heterocycles. The van der Waals surface area contributed by atoms with Crippen LogP contribution in [0.3, 0.4) is 0 Å². The molecule has 0 radical (unpaired) electrons. The third-order valence-corrected chi connectivity index (χ3v) is 2.86. The Balaban J connectivity index is 2.48. The lowest BCUT2D eigenvalue weighted by atomic mass is 10.2. The van der Waals surface area contributed by atoms with Crippen LogP contribution < -0.4 is 4.74 Å². The van der Waals surface area contributed by atoms with E-state index in [0.29, 0.717) is 11.4 Å². The maximum Gasteiger partial charge on any atom is 0.343 e. The Morgan fingerprint density at radius 2 is 2.10 bits per heavy atom. The van der Waals surface area contributed by atoms with Gasteiger partial charge in [-0.25, -0.2) is 9.48 Å². The van der Waals surface area contributed by atoms with Crippen LogP contribution in [0, 0.1) is 6.92 Å². The molecule has 1 aromatic heterocycles. The molecule has 0 saturated carbocycles. The molecule has 0 amide bonds. The van der Waals surface area contributed by atoms with Crippen molar-refractivity contribution in [2.45, 2.75) is 13.8 Å². The van der Waals surface area contributed by atoms with Crippen molar-refractivity contribution < 1.29 is 14.6 Å². The van der Waals surface area contributed by atoms with Crippen LogP contribution in [0.15, 0.2) is 30.3 Å². The van der Waals surface area contributed by atoms with Gasteiger partial charge in [0, 0.05) is 12.6 Å². The lowest BCUT2D eigenvalue weighted by molar-refractivity contribution is 0.0693. The monoisotopic (exact) mass is 272 g/mol. The van der Waals surface area contributed by atoms with Gasteiger partial charge in [-0.3, -0.25) is 0 Å². The molecule has 0 aliphatic rings. The number of benzene rings is 1. The Bertz CT molecular complexity index is 672. The fraction of sp³-hybridized carbons (Fsp3) is 0.200. The Morgan fingerprint density at radius 1 is 1.40 bits per heavy atom. The maximum absolute atomic E-state index is 11.3. The molecule has 0 bridgehead atoms. The summed E-state index contributed by atoms with van der Waals surface area (Å²) < 4.78 is 7.21. The quantitative estimate of drug-likeness (QED) is 0.927. The van der Waals surface area contributed by atoms with Crippen LogP contribution in [0.1, 0.15) is 28.5 Å². The number of hydrogen-bond acceptors (Lipinski definition) is 3. The predicted molar refractivity (Wildman–Crippen MR) is 76.1 cm³/mol. The summed E-state index contributed by atoms with van der Waals surface area (Å²) in [6.07, 6.45) is 3.80. The van der Waals surface area contributed by atoms with Crippen molar-refractivity contribution in [1.82, 2.24) is 9.78 Å². The van der Waals surface area contributed by atoms with Gasteiger partial charge in [0.25, 0.3) is 0 Å². The number of carbonyl (C=O) groups is 1. The number of aromatic carboxylic acids is 1. The van der Waals surface area contributed by atoms with Gasteiger partial charge in [-0.2, -0.15) is 5.10 Å². The fourth-order valence-electron chi connectivity index (χ4n) is 2.00. The number of allylic oxidation sites excluding steroid dienone is 1. The molecule has 104 valence electrons. The zero-order chi connectivity index (χ0) is 14.7. The normalized spacial score (nSPS) is 10.9. The highest BCUT2D eigenvalue weighted by molar-refractivity contribution is 5.91. The van der Waals surface area contributed by atoms with Gasteiger partial charge in [-0.05, 0) is 19.9 Å². The van der Waals surface area contributed by atoms with Crippen LogP contribution in [-0.2, 0) is 7.05 Å². The molecule has 0 aliphatic heterocycles. The molecule has 0 atom stereocenters. The predicted octanol–water partition coefficient (Wildman–Crippen LogP) is 3.25. The van der Waals surface area contributed by atoms with Gasteiger partial charge in [-0.15, -0.1) is 0 Å². The van der Waals surface area contributed by atoms with E-state index in [1.54, 1.807) is 20.0 Å². The van der Waals surface area contributed by atoms with E-state index < -0.39 is 5.97 Å². The van der Waals surface area contributed by atoms with E-state index in [1.807, 2.05) is 37.3 Å². The van der Waals surface area contributed by atoms with Gasteiger partial charge in [0.15, 0.2) is 0 Å². The van der Waals surface area contributed by atoms with Crippen LogP contribution in [0.4, 0.5) is 0 Å². The summed E-state index contributed by atoms with van der Waals surface area (Å²) in [6, 6.07) is 7.43. The molecule has 0 unspecified atom stereocenters. The molecule has 1 aromatic carbocycles. The first kappa shape index (κ1) is 13.9. The molecule has 5 heteroatoms. The molecule has 0 aliphatic carbocycles. The van der Waals surface area contributed by atoms with Crippen molar-refractivity contribution >= 4 is 12.0 Å². The third kappa shape index (κ3) is 2.56. The van der Waals surface area contributed by atoms with Crippen molar-refractivity contribution in [3.05, 3.63) is 47.2 Å². The standard InChI is InChI=1S/C15H16N2O3/c1-4-7-11-8-5-6-9-12(11)20-14-13(15(18)19)10(2)16-17(14)3/h4-9H,1-3H3,(H,18,19). The second-order valence-corrected chi connectivity index (χ2v) is 4.33. The topological polar surface area (TPSA) is 64.3 Å². The first-order valence-corrected chi connectivity index (χ1v) is 6.21. The van der Waals surface area contributed by atoms with Crippen molar-refractivity contribution in [2.24, 2.45) is 7.05 Å². The minimum atomic E-state index is -1.05. The molecule has 0 saturated heterocycles. The minimum Gasteiger partial charge on any atom is -0.477 e. The summed E-state index contributed by atoms with van der Waals surface area (Å²) >= 11 is 0. The van der Waals surface area contributed by atoms with Crippen LogP contribution in [0.2, 0.25) is 0 Å². The minimum absolute atomic E-state index is 0.0859. The second kappa shape index (κ2) is 5.61. The Labute approximate surface area is 117 Å². The van der Waals surface area contributed by atoms with Gasteiger partial charge < -0.3 is 9.84 Å². The smallest absolute Gasteiger partial charge is 0.343 e. The third-order valence-electron chi connectivity index (χ3n) is 2.86. The lowest BCUT2D eigenvalue weighted by Gasteiger charge is -2.09. The van der Waals surface area contributed by atoms with Crippen molar-refractivity contribution in [3.8, 4) is 11.6 Å². The van der Waals surface area contributed by atoms with Gasteiger partial charge in [0.2, 0.25) is 5.88 Å². The highest BCUT2D eigenvalue weighted by Gasteiger charge is 2.22. The van der Waals surface area contributed by atoms with Gasteiger partial charge >= 0.3 is 5.97 Å². The summed E-state index contributed by atoms with van der Waals surface area (Å²) in [4.78, 5) is 11.3. The number of aromatic nitrogens is 2. The van der Waals surface area contributed by atoms with Crippen molar-refractivity contribution in [1.29, 1.82) is 0 Å². The highest BCUT2D eigenvalue weighted by Crippen LogP contribution is 2.30. The van der Waals surface area contributed by atoms with Crippen molar-refractivity contribution in [3.63, 3.8) is 0 Å². The summed E-state index contributed by atoms with van der Waals surface area (Å²) in [6.45, 7) is 3.56. The summed E-state index contributed by atoms with van der Waals surface area (Å²) in [5, 5.41) is 13.4. The number of hydrogen-bond donors (Lipinski definition) is 1. The zero-order valence-electron chi connectivity index (χ0n) is 11.6. The van der Waals surface area contributed by atoms with E-state index in [0.717, 1.165) is 5.56 Å². The van der Waals surface area contributed by atoms with E-state index in [4.69, 9.17) is 4.74 Å². The second-order valence-electron chi connectivity index (χ2n) is 4.33. The maximum atomic E-state index is 11.3. The van der Waals surface area contributed by atoms with E-state index in [1.165, 1.54) is 4.68 Å². The molecule has 5 nitrogen and oxygen atoms in total. The number of para-hydroxylation sites is 1. The average Bonchev–Trinajstić information content (AvgIpc) is 2.67. The Hall–Kier alpha value is -2.56. The fourth-order valence-corrected chi connectivity index (χ4v) is 2.00. The molecule has 2 rings (SSSR count).